The fourth-order valence-corrected chi connectivity index (χ4v) is 2.78. The summed E-state index contributed by atoms with van der Waals surface area (Å²) in [4.78, 5) is 0. The van der Waals surface area contributed by atoms with Crippen LogP contribution < -0.4 is 5.32 Å². The van der Waals surface area contributed by atoms with Crippen LogP contribution in [0.5, 0.6) is 0 Å². The molecule has 16 heavy (non-hydrogen) atoms. The largest absolute Gasteiger partial charge is 0.310 e. The van der Waals surface area contributed by atoms with Gasteiger partial charge in [-0.3, -0.25) is 0 Å². The number of hydrogen-bond acceptors (Lipinski definition) is 1. The molecule has 2 heteroatoms. The van der Waals surface area contributed by atoms with E-state index in [0.29, 0.717) is 6.04 Å². The third-order valence-corrected chi connectivity index (χ3v) is 4.09. The molecule has 1 aromatic rings. The zero-order valence-electron chi connectivity index (χ0n) is 9.67. The van der Waals surface area contributed by atoms with Crippen LogP contribution in [0.3, 0.4) is 0 Å². The van der Waals surface area contributed by atoms with Crippen molar-refractivity contribution in [3.8, 4) is 0 Å². The highest BCUT2D eigenvalue weighted by Gasteiger charge is 2.33. The first kappa shape index (κ1) is 10.3. The number of nitrogens with one attached hydrogen (secondary N) is 1. The minimum Gasteiger partial charge on any atom is -0.310 e. The second kappa shape index (κ2) is 3.85. The SMILES string of the molecule is CC1CC1CNC1CCc2cc(F)ccc21. The Morgan fingerprint density at radius 2 is 2.25 bits per heavy atom. The van der Waals surface area contributed by atoms with Crippen molar-refractivity contribution in [3.63, 3.8) is 0 Å². The van der Waals surface area contributed by atoms with Gasteiger partial charge in [0.2, 0.25) is 0 Å². The molecule has 86 valence electrons. The van der Waals surface area contributed by atoms with Gasteiger partial charge >= 0.3 is 0 Å². The summed E-state index contributed by atoms with van der Waals surface area (Å²) in [5, 5.41) is 3.63. The van der Waals surface area contributed by atoms with Gasteiger partial charge in [-0.05, 0) is 60.9 Å². The summed E-state index contributed by atoms with van der Waals surface area (Å²) in [5.41, 5.74) is 2.51. The third-order valence-electron chi connectivity index (χ3n) is 4.09. The van der Waals surface area contributed by atoms with Crippen LogP contribution in [0, 0.1) is 17.7 Å². The molecule has 0 radical (unpaired) electrons. The summed E-state index contributed by atoms with van der Waals surface area (Å²) in [6, 6.07) is 5.68. The minimum atomic E-state index is -0.102. The van der Waals surface area contributed by atoms with Gasteiger partial charge in [0.15, 0.2) is 0 Å². The van der Waals surface area contributed by atoms with Crippen molar-refractivity contribution < 1.29 is 4.39 Å². The highest BCUT2D eigenvalue weighted by Crippen LogP contribution is 2.38. The van der Waals surface area contributed by atoms with Crippen LogP contribution in [0.25, 0.3) is 0 Å². The molecule has 0 aliphatic heterocycles. The first-order chi connectivity index (χ1) is 7.74. The second-order valence-electron chi connectivity index (χ2n) is 5.32. The molecule has 0 bridgehead atoms. The predicted molar refractivity (Wildman–Crippen MR) is 62.7 cm³/mol. The zero-order chi connectivity index (χ0) is 11.1. The Labute approximate surface area is 96.1 Å². The van der Waals surface area contributed by atoms with E-state index in [-0.39, 0.29) is 5.82 Å². The zero-order valence-corrected chi connectivity index (χ0v) is 9.67. The van der Waals surface area contributed by atoms with Crippen LogP contribution in [0.4, 0.5) is 4.39 Å². The van der Waals surface area contributed by atoms with Crippen molar-refractivity contribution in [2.45, 2.75) is 32.2 Å². The summed E-state index contributed by atoms with van der Waals surface area (Å²) in [5.74, 6) is 1.68. The van der Waals surface area contributed by atoms with E-state index < -0.39 is 0 Å². The molecule has 2 aliphatic carbocycles. The molecule has 0 aromatic heterocycles. The molecular weight excluding hydrogens is 201 g/mol. The molecule has 0 heterocycles. The molecule has 0 saturated heterocycles. The Morgan fingerprint density at radius 3 is 3.00 bits per heavy atom. The Bertz CT molecular complexity index is 402. The number of halogens is 1. The molecular formula is C14H18FN. The molecule has 3 atom stereocenters. The smallest absolute Gasteiger partial charge is 0.123 e. The van der Waals surface area contributed by atoms with Crippen molar-refractivity contribution in [3.05, 3.63) is 35.1 Å². The predicted octanol–water partition coefficient (Wildman–Crippen LogP) is 3.06. The molecule has 2 aliphatic rings. The lowest BCUT2D eigenvalue weighted by atomic mass is 10.1. The van der Waals surface area contributed by atoms with E-state index in [9.17, 15) is 4.39 Å². The van der Waals surface area contributed by atoms with Crippen molar-refractivity contribution in [2.24, 2.45) is 11.8 Å². The van der Waals surface area contributed by atoms with Crippen molar-refractivity contribution in [2.75, 3.05) is 6.54 Å². The molecule has 1 nitrogen and oxygen atoms in total. The van der Waals surface area contributed by atoms with Gasteiger partial charge in [-0.1, -0.05) is 13.0 Å². The first-order valence-corrected chi connectivity index (χ1v) is 6.26. The van der Waals surface area contributed by atoms with Crippen LogP contribution >= 0.6 is 0 Å². The molecule has 1 fully saturated rings. The van der Waals surface area contributed by atoms with E-state index in [1.165, 1.54) is 17.5 Å². The lowest BCUT2D eigenvalue weighted by molar-refractivity contribution is 0.502. The lowest BCUT2D eigenvalue weighted by Crippen LogP contribution is -2.22. The summed E-state index contributed by atoms with van der Waals surface area (Å²) >= 11 is 0. The van der Waals surface area contributed by atoms with Crippen molar-refractivity contribution in [1.82, 2.24) is 5.32 Å². The van der Waals surface area contributed by atoms with Gasteiger partial charge < -0.3 is 5.32 Å². The van der Waals surface area contributed by atoms with Gasteiger partial charge in [-0.2, -0.15) is 0 Å². The van der Waals surface area contributed by atoms with Gasteiger partial charge in [0, 0.05) is 6.04 Å². The van der Waals surface area contributed by atoms with Crippen molar-refractivity contribution >= 4 is 0 Å². The van der Waals surface area contributed by atoms with Gasteiger partial charge in [0.05, 0.1) is 0 Å². The van der Waals surface area contributed by atoms with Crippen LogP contribution in [0.15, 0.2) is 18.2 Å². The Kier molecular flexibility index (Phi) is 2.47. The van der Waals surface area contributed by atoms with Crippen LogP contribution in [0.2, 0.25) is 0 Å². The monoisotopic (exact) mass is 219 g/mol. The molecule has 1 saturated carbocycles. The van der Waals surface area contributed by atoms with Gasteiger partial charge in [-0.15, -0.1) is 0 Å². The summed E-state index contributed by atoms with van der Waals surface area (Å²) in [7, 11) is 0. The molecule has 1 aromatic carbocycles. The molecule has 3 unspecified atom stereocenters. The molecule has 3 rings (SSSR count). The molecule has 1 N–H and O–H groups in total. The first-order valence-electron chi connectivity index (χ1n) is 6.26. The van der Waals surface area contributed by atoms with Gasteiger partial charge in [-0.25, -0.2) is 4.39 Å². The third kappa shape index (κ3) is 1.86. The van der Waals surface area contributed by atoms with E-state index in [1.54, 1.807) is 12.1 Å². The Morgan fingerprint density at radius 1 is 1.44 bits per heavy atom. The Hall–Kier alpha value is -0.890. The fraction of sp³-hybridized carbons (Fsp3) is 0.571. The highest BCUT2D eigenvalue weighted by atomic mass is 19.1. The topological polar surface area (TPSA) is 12.0 Å². The minimum absolute atomic E-state index is 0.102. The number of aryl methyl sites for hydroxylation is 1. The van der Waals surface area contributed by atoms with E-state index in [2.05, 4.69) is 12.2 Å². The Balaban J connectivity index is 1.66. The van der Waals surface area contributed by atoms with E-state index in [4.69, 9.17) is 0 Å². The maximum absolute atomic E-state index is 13.0. The van der Waals surface area contributed by atoms with Crippen LogP contribution in [-0.2, 0) is 6.42 Å². The van der Waals surface area contributed by atoms with Gasteiger partial charge in [0.1, 0.15) is 5.82 Å². The van der Waals surface area contributed by atoms with Crippen molar-refractivity contribution in [1.29, 1.82) is 0 Å². The highest BCUT2D eigenvalue weighted by molar-refractivity contribution is 5.34. The number of benzene rings is 1. The maximum atomic E-state index is 13.0. The summed E-state index contributed by atoms with van der Waals surface area (Å²) in [6.45, 7) is 3.44. The van der Waals surface area contributed by atoms with E-state index in [0.717, 1.165) is 31.2 Å². The fourth-order valence-electron chi connectivity index (χ4n) is 2.78. The average Bonchev–Trinajstić information content (AvgIpc) is 2.83. The molecule has 0 spiro atoms. The number of hydrogen-bond donors (Lipinski definition) is 1. The van der Waals surface area contributed by atoms with Crippen LogP contribution in [0.1, 0.15) is 36.9 Å². The number of rotatable bonds is 3. The average molecular weight is 219 g/mol. The number of fused-ring (bicyclic) bond motifs is 1. The second-order valence-corrected chi connectivity index (χ2v) is 5.32. The standard InChI is InChI=1S/C14H18FN/c1-9-6-11(9)8-16-14-5-2-10-7-12(15)3-4-13(10)14/h3-4,7,9,11,14,16H,2,5-6,8H2,1H3. The van der Waals surface area contributed by atoms with Crippen LogP contribution in [-0.4, -0.2) is 6.54 Å². The van der Waals surface area contributed by atoms with Gasteiger partial charge in [0.25, 0.3) is 0 Å². The van der Waals surface area contributed by atoms with E-state index in [1.807, 2.05) is 6.07 Å². The maximum Gasteiger partial charge on any atom is 0.123 e. The normalized spacial score (nSPS) is 31.5. The quantitative estimate of drug-likeness (QED) is 0.824. The van der Waals surface area contributed by atoms with E-state index >= 15 is 0 Å². The summed E-state index contributed by atoms with van der Waals surface area (Å²) < 4.78 is 13.0. The summed E-state index contributed by atoms with van der Waals surface area (Å²) in [6.07, 6.45) is 3.51. The molecule has 0 amide bonds. The lowest BCUT2D eigenvalue weighted by Gasteiger charge is -2.13.